The van der Waals surface area contributed by atoms with E-state index in [-0.39, 0.29) is 0 Å². The molecular formula is C10H18O2. The molecule has 2 unspecified atom stereocenters. The van der Waals surface area contributed by atoms with Gasteiger partial charge in [-0.2, -0.15) is 0 Å². The van der Waals surface area contributed by atoms with Gasteiger partial charge < -0.3 is 9.47 Å². The summed E-state index contributed by atoms with van der Waals surface area (Å²) in [4.78, 5) is 0. The summed E-state index contributed by atoms with van der Waals surface area (Å²) in [6, 6.07) is 0. The van der Waals surface area contributed by atoms with Crippen LogP contribution in [0, 0.1) is 0 Å². The molecule has 2 nitrogen and oxygen atoms in total. The molecule has 0 aromatic rings. The third kappa shape index (κ3) is 1.80. The summed E-state index contributed by atoms with van der Waals surface area (Å²) >= 11 is 0. The third-order valence-electron chi connectivity index (χ3n) is 2.71. The molecule has 0 aliphatic carbocycles. The van der Waals surface area contributed by atoms with E-state index in [1.165, 1.54) is 12.8 Å². The van der Waals surface area contributed by atoms with Gasteiger partial charge in [-0.3, -0.25) is 0 Å². The van der Waals surface area contributed by atoms with Crippen LogP contribution in [0.15, 0.2) is 0 Å². The van der Waals surface area contributed by atoms with Gasteiger partial charge in [0.1, 0.15) is 0 Å². The van der Waals surface area contributed by atoms with Gasteiger partial charge in [-0.25, -0.2) is 0 Å². The van der Waals surface area contributed by atoms with Gasteiger partial charge in [0.15, 0.2) is 0 Å². The maximum absolute atomic E-state index is 5.79. The van der Waals surface area contributed by atoms with E-state index in [4.69, 9.17) is 9.47 Å². The molecule has 2 aliphatic rings. The second kappa shape index (κ2) is 3.35. The van der Waals surface area contributed by atoms with E-state index in [0.29, 0.717) is 24.4 Å². The van der Waals surface area contributed by atoms with E-state index in [2.05, 4.69) is 13.8 Å². The highest BCUT2D eigenvalue weighted by Crippen LogP contribution is 2.34. The van der Waals surface area contributed by atoms with Crippen molar-refractivity contribution >= 4 is 0 Å². The Bertz CT molecular complexity index is 144. The second-order valence-electron chi connectivity index (χ2n) is 4.24. The molecule has 2 rings (SSSR count). The minimum Gasteiger partial charge on any atom is -0.375 e. The van der Waals surface area contributed by atoms with Crippen LogP contribution in [-0.2, 0) is 9.47 Å². The Hall–Kier alpha value is -0.0800. The first kappa shape index (κ1) is 8.52. The second-order valence-corrected chi connectivity index (χ2v) is 4.24. The number of fused-ring (bicyclic) bond motifs is 2. The lowest BCUT2D eigenvalue weighted by molar-refractivity contribution is -0.0959. The fourth-order valence-electron chi connectivity index (χ4n) is 2.31. The van der Waals surface area contributed by atoms with Crippen molar-refractivity contribution in [1.82, 2.24) is 0 Å². The Morgan fingerprint density at radius 3 is 2.25 bits per heavy atom. The van der Waals surface area contributed by atoms with Crippen molar-refractivity contribution < 1.29 is 9.47 Å². The lowest BCUT2D eigenvalue weighted by Gasteiger charge is -2.29. The predicted octanol–water partition coefficient (Wildman–Crippen LogP) is 2.12. The molecule has 2 bridgehead atoms. The first-order chi connectivity index (χ1) is 5.74. The molecule has 0 saturated carbocycles. The molecule has 70 valence electrons. The molecule has 2 aliphatic heterocycles. The minimum absolute atomic E-state index is 0.368. The molecule has 0 spiro atoms. The molecule has 0 aromatic carbocycles. The van der Waals surface area contributed by atoms with Crippen LogP contribution in [-0.4, -0.2) is 24.4 Å². The van der Waals surface area contributed by atoms with Crippen LogP contribution in [0.3, 0.4) is 0 Å². The van der Waals surface area contributed by atoms with E-state index in [1.807, 2.05) is 0 Å². The largest absolute Gasteiger partial charge is 0.375 e. The molecule has 2 heterocycles. The van der Waals surface area contributed by atoms with E-state index in [0.717, 1.165) is 12.8 Å². The molecular weight excluding hydrogens is 152 g/mol. The van der Waals surface area contributed by atoms with Crippen LogP contribution in [0.25, 0.3) is 0 Å². The Morgan fingerprint density at radius 1 is 1.17 bits per heavy atom. The molecule has 0 amide bonds. The predicted molar refractivity (Wildman–Crippen MR) is 47.1 cm³/mol. The summed E-state index contributed by atoms with van der Waals surface area (Å²) in [5.41, 5.74) is 0. The topological polar surface area (TPSA) is 18.5 Å². The van der Waals surface area contributed by atoms with Gasteiger partial charge in [0, 0.05) is 0 Å². The average Bonchev–Trinajstić information content (AvgIpc) is 2.29. The smallest absolute Gasteiger partial charge is 0.0628 e. The molecule has 0 aromatic heterocycles. The van der Waals surface area contributed by atoms with Gasteiger partial charge in [0.05, 0.1) is 24.4 Å². The van der Waals surface area contributed by atoms with Crippen molar-refractivity contribution in [3.05, 3.63) is 0 Å². The molecule has 12 heavy (non-hydrogen) atoms. The van der Waals surface area contributed by atoms with Crippen LogP contribution in [0.5, 0.6) is 0 Å². The standard InChI is InChI=1S/C10H18O2/c1-7(2)11-10-5-8-3-4-9(6-10)12-8/h7-10H,3-6H2,1-2H3. The van der Waals surface area contributed by atoms with Crippen molar-refractivity contribution in [2.45, 2.75) is 63.9 Å². The lowest BCUT2D eigenvalue weighted by Crippen LogP contribution is -2.32. The van der Waals surface area contributed by atoms with Crippen LogP contribution < -0.4 is 0 Å². The number of rotatable bonds is 2. The maximum Gasteiger partial charge on any atom is 0.0628 e. The highest BCUT2D eigenvalue weighted by molar-refractivity contribution is 4.85. The Balaban J connectivity index is 1.85. The van der Waals surface area contributed by atoms with Gasteiger partial charge in [0.2, 0.25) is 0 Å². The first-order valence-electron chi connectivity index (χ1n) is 5.05. The van der Waals surface area contributed by atoms with E-state index in [1.54, 1.807) is 0 Å². The zero-order chi connectivity index (χ0) is 8.55. The molecule has 2 fully saturated rings. The fourth-order valence-corrected chi connectivity index (χ4v) is 2.31. The summed E-state index contributed by atoms with van der Waals surface area (Å²) in [6.07, 6.45) is 6.60. The van der Waals surface area contributed by atoms with Gasteiger partial charge >= 0.3 is 0 Å². The van der Waals surface area contributed by atoms with Crippen LogP contribution >= 0.6 is 0 Å². The zero-order valence-corrected chi connectivity index (χ0v) is 7.95. The monoisotopic (exact) mass is 170 g/mol. The summed E-state index contributed by atoms with van der Waals surface area (Å²) in [7, 11) is 0. The van der Waals surface area contributed by atoms with Crippen LogP contribution in [0.2, 0.25) is 0 Å². The van der Waals surface area contributed by atoms with Crippen molar-refractivity contribution in [2.75, 3.05) is 0 Å². The van der Waals surface area contributed by atoms with Gasteiger partial charge in [-0.05, 0) is 39.5 Å². The number of ether oxygens (including phenoxy) is 2. The number of hydrogen-bond acceptors (Lipinski definition) is 2. The SMILES string of the molecule is CC(C)OC1CC2CCC(C1)O2. The van der Waals surface area contributed by atoms with Crippen molar-refractivity contribution in [1.29, 1.82) is 0 Å². The summed E-state index contributed by atoms with van der Waals surface area (Å²) in [5, 5.41) is 0. The Labute approximate surface area is 74.2 Å². The van der Waals surface area contributed by atoms with Crippen molar-refractivity contribution in [2.24, 2.45) is 0 Å². The Morgan fingerprint density at radius 2 is 1.75 bits per heavy atom. The quantitative estimate of drug-likeness (QED) is 0.632. The van der Waals surface area contributed by atoms with E-state index in [9.17, 15) is 0 Å². The van der Waals surface area contributed by atoms with Gasteiger partial charge in [-0.1, -0.05) is 0 Å². The fraction of sp³-hybridized carbons (Fsp3) is 1.00. The Kier molecular flexibility index (Phi) is 2.37. The first-order valence-corrected chi connectivity index (χ1v) is 5.05. The lowest BCUT2D eigenvalue weighted by atomic mass is 10.1. The molecule has 2 saturated heterocycles. The van der Waals surface area contributed by atoms with Gasteiger partial charge in [-0.15, -0.1) is 0 Å². The molecule has 2 heteroatoms. The maximum atomic E-state index is 5.79. The van der Waals surface area contributed by atoms with Crippen LogP contribution in [0.1, 0.15) is 39.5 Å². The number of hydrogen-bond donors (Lipinski definition) is 0. The van der Waals surface area contributed by atoms with Crippen LogP contribution in [0.4, 0.5) is 0 Å². The molecule has 2 atom stereocenters. The average molecular weight is 170 g/mol. The molecule has 0 N–H and O–H groups in total. The minimum atomic E-state index is 0.368. The highest BCUT2D eigenvalue weighted by Gasteiger charge is 2.35. The normalized spacial score (nSPS) is 40.8. The summed E-state index contributed by atoms with van der Waals surface area (Å²) in [6.45, 7) is 4.22. The third-order valence-corrected chi connectivity index (χ3v) is 2.71. The van der Waals surface area contributed by atoms with Crippen molar-refractivity contribution in [3.63, 3.8) is 0 Å². The van der Waals surface area contributed by atoms with E-state index < -0.39 is 0 Å². The summed E-state index contributed by atoms with van der Waals surface area (Å²) < 4.78 is 11.5. The molecule has 0 radical (unpaired) electrons. The van der Waals surface area contributed by atoms with Crippen molar-refractivity contribution in [3.8, 4) is 0 Å². The zero-order valence-electron chi connectivity index (χ0n) is 7.95. The summed E-state index contributed by atoms with van der Waals surface area (Å²) in [5.74, 6) is 0. The van der Waals surface area contributed by atoms with E-state index >= 15 is 0 Å². The highest BCUT2D eigenvalue weighted by atomic mass is 16.5. The van der Waals surface area contributed by atoms with Gasteiger partial charge in [0.25, 0.3) is 0 Å².